The van der Waals surface area contributed by atoms with Gasteiger partial charge in [-0.05, 0) is 49.1 Å². The van der Waals surface area contributed by atoms with Gasteiger partial charge in [-0.25, -0.2) is 0 Å². The fourth-order valence-corrected chi connectivity index (χ4v) is 5.70. The van der Waals surface area contributed by atoms with Crippen LogP contribution in [-0.2, 0) is 16.0 Å². The molecule has 0 saturated heterocycles. The number of nitrogens with zero attached hydrogens (tertiary/aromatic N) is 1. The molecule has 46 heavy (non-hydrogen) atoms. The van der Waals surface area contributed by atoms with E-state index in [-0.39, 0.29) is 18.5 Å². The number of amides is 1. The van der Waals surface area contributed by atoms with Crippen LogP contribution in [0.2, 0.25) is 0 Å². The number of allylic oxidation sites excluding steroid dienone is 1. The number of nitrogens with one attached hydrogen (secondary N) is 1. The van der Waals surface area contributed by atoms with Crippen molar-refractivity contribution in [3.63, 3.8) is 0 Å². The first-order chi connectivity index (χ1) is 22.3. The first-order valence-electron chi connectivity index (χ1n) is 17.6. The maximum absolute atomic E-state index is 12.7. The minimum Gasteiger partial charge on any atom is -0.493 e. The highest BCUT2D eigenvalue weighted by atomic mass is 31.2. The minimum atomic E-state index is -4.21. The molecule has 1 amide bonds. The SMILES string of the molecule is CCCCCCCCCCCCCCCC(=O)N/C(=C/c1ccc(OCc2cc(OCCCCC)ccn2)cc1)CCP(=O)(O)O. The number of benzene rings is 1. The largest absolute Gasteiger partial charge is 0.493 e. The lowest BCUT2D eigenvalue weighted by molar-refractivity contribution is -0.120. The van der Waals surface area contributed by atoms with Gasteiger partial charge in [-0.15, -0.1) is 0 Å². The Balaban J connectivity index is 1.76. The third kappa shape index (κ3) is 20.5. The predicted molar refractivity (Wildman–Crippen MR) is 188 cm³/mol. The molecule has 2 rings (SSSR count). The van der Waals surface area contributed by atoms with Crippen molar-refractivity contribution in [1.29, 1.82) is 0 Å². The number of ether oxygens (including phenoxy) is 2. The first kappa shape index (κ1) is 39.5. The summed E-state index contributed by atoms with van der Waals surface area (Å²) in [6.45, 7) is 5.39. The van der Waals surface area contributed by atoms with Crippen molar-refractivity contribution in [3.05, 3.63) is 59.5 Å². The van der Waals surface area contributed by atoms with Gasteiger partial charge in [0, 0.05) is 24.4 Å². The Hall–Kier alpha value is -2.67. The smallest absolute Gasteiger partial charge is 0.325 e. The zero-order valence-corrected chi connectivity index (χ0v) is 29.3. The Morgan fingerprint density at radius 2 is 1.35 bits per heavy atom. The molecule has 0 aliphatic heterocycles. The number of carbonyl (C=O) groups excluding carboxylic acids is 1. The summed E-state index contributed by atoms with van der Waals surface area (Å²) in [5, 5.41) is 2.90. The summed E-state index contributed by atoms with van der Waals surface area (Å²) in [7, 11) is -4.21. The summed E-state index contributed by atoms with van der Waals surface area (Å²) >= 11 is 0. The van der Waals surface area contributed by atoms with Gasteiger partial charge in [0.25, 0.3) is 0 Å². The van der Waals surface area contributed by atoms with E-state index in [0.717, 1.165) is 55.5 Å². The molecule has 1 aromatic carbocycles. The molecule has 3 N–H and O–H groups in total. The Kier molecular flexibility index (Phi) is 21.0. The van der Waals surface area contributed by atoms with Gasteiger partial charge < -0.3 is 24.6 Å². The van der Waals surface area contributed by atoms with Gasteiger partial charge in [-0.2, -0.15) is 0 Å². The summed E-state index contributed by atoms with van der Waals surface area (Å²) in [4.78, 5) is 35.9. The van der Waals surface area contributed by atoms with E-state index in [1.807, 2.05) is 36.4 Å². The molecule has 1 aromatic heterocycles. The monoisotopic (exact) mass is 658 g/mol. The zero-order chi connectivity index (χ0) is 33.3. The van der Waals surface area contributed by atoms with Gasteiger partial charge in [0.1, 0.15) is 18.1 Å². The molecule has 0 unspecified atom stereocenters. The average Bonchev–Trinajstić information content (AvgIpc) is 3.03. The molecular weight excluding hydrogens is 599 g/mol. The van der Waals surface area contributed by atoms with Crippen LogP contribution in [0, 0.1) is 0 Å². The molecule has 0 bridgehead atoms. The minimum absolute atomic E-state index is 0.0788. The zero-order valence-electron chi connectivity index (χ0n) is 28.4. The van der Waals surface area contributed by atoms with E-state index in [2.05, 4.69) is 24.1 Å². The molecule has 8 nitrogen and oxygen atoms in total. The molecule has 1 heterocycles. The second-order valence-electron chi connectivity index (χ2n) is 12.2. The van der Waals surface area contributed by atoms with Crippen molar-refractivity contribution in [2.75, 3.05) is 12.8 Å². The Morgan fingerprint density at radius 3 is 1.96 bits per heavy atom. The van der Waals surface area contributed by atoms with E-state index in [1.54, 1.807) is 12.3 Å². The number of unbranched alkanes of at least 4 members (excludes halogenated alkanes) is 14. The number of carbonyl (C=O) groups is 1. The summed E-state index contributed by atoms with van der Waals surface area (Å²) in [5.41, 5.74) is 2.06. The molecular formula is C37H59N2O6P. The lowest BCUT2D eigenvalue weighted by Crippen LogP contribution is -2.23. The normalized spacial score (nSPS) is 11.9. The van der Waals surface area contributed by atoms with Gasteiger partial charge in [-0.1, -0.05) is 116 Å². The summed E-state index contributed by atoms with van der Waals surface area (Å²) in [6, 6.07) is 11.1. The van der Waals surface area contributed by atoms with Crippen molar-refractivity contribution in [3.8, 4) is 11.5 Å². The molecule has 0 spiro atoms. The molecule has 258 valence electrons. The van der Waals surface area contributed by atoms with Gasteiger partial charge in [0.05, 0.1) is 18.5 Å². The van der Waals surface area contributed by atoms with Gasteiger partial charge in [-0.3, -0.25) is 14.3 Å². The Labute approximate surface area is 277 Å². The summed E-state index contributed by atoms with van der Waals surface area (Å²) in [5.74, 6) is 1.32. The van der Waals surface area contributed by atoms with Crippen LogP contribution in [0.3, 0.4) is 0 Å². The summed E-state index contributed by atoms with van der Waals surface area (Å²) < 4.78 is 23.3. The topological polar surface area (TPSA) is 118 Å². The second-order valence-corrected chi connectivity index (χ2v) is 14.0. The molecule has 9 heteroatoms. The van der Waals surface area contributed by atoms with Crippen LogP contribution in [0.1, 0.15) is 141 Å². The quantitative estimate of drug-likeness (QED) is 0.0646. The average molecular weight is 659 g/mol. The van der Waals surface area contributed by atoms with Crippen LogP contribution < -0.4 is 14.8 Å². The number of hydrogen-bond donors (Lipinski definition) is 3. The number of hydrogen-bond acceptors (Lipinski definition) is 5. The van der Waals surface area contributed by atoms with E-state index >= 15 is 0 Å². The molecule has 2 aromatic rings. The molecule has 0 fully saturated rings. The Morgan fingerprint density at radius 1 is 0.761 bits per heavy atom. The van der Waals surface area contributed by atoms with E-state index in [0.29, 0.717) is 31.1 Å². The van der Waals surface area contributed by atoms with Gasteiger partial charge >= 0.3 is 7.60 Å². The van der Waals surface area contributed by atoms with Crippen LogP contribution in [0.4, 0.5) is 0 Å². The van der Waals surface area contributed by atoms with Crippen molar-refractivity contribution in [2.24, 2.45) is 0 Å². The first-order valence-corrected chi connectivity index (χ1v) is 19.4. The van der Waals surface area contributed by atoms with Crippen LogP contribution in [0.15, 0.2) is 48.3 Å². The second kappa shape index (κ2) is 24.5. The lowest BCUT2D eigenvalue weighted by Gasteiger charge is -2.12. The van der Waals surface area contributed by atoms with Crippen LogP contribution in [-0.4, -0.2) is 33.4 Å². The molecule has 0 radical (unpaired) electrons. The third-order valence-corrected chi connectivity index (χ3v) is 8.70. The van der Waals surface area contributed by atoms with Gasteiger partial charge in [0.15, 0.2) is 0 Å². The van der Waals surface area contributed by atoms with E-state index in [4.69, 9.17) is 9.47 Å². The standard InChI is InChI=1S/C37H59N2O6P/c1-3-5-7-8-9-10-11-12-13-14-15-16-17-19-37(40)39-33(25-28-46(41,42)43)29-32-20-22-35(23-21-32)45-31-34-30-36(24-26-38-34)44-27-18-6-4-2/h20-24,26,29-30H,3-19,25,27-28,31H2,1-2H3,(H,39,40)(H2,41,42,43)/b33-29+. The van der Waals surface area contributed by atoms with E-state index in [9.17, 15) is 19.1 Å². The Bertz CT molecular complexity index is 1160. The van der Waals surface area contributed by atoms with Crippen LogP contribution in [0.25, 0.3) is 6.08 Å². The molecule has 0 saturated carbocycles. The van der Waals surface area contributed by atoms with Crippen molar-refractivity contribution >= 4 is 19.6 Å². The molecule has 0 aliphatic carbocycles. The number of aromatic nitrogens is 1. The van der Waals surface area contributed by atoms with Crippen molar-refractivity contribution in [1.82, 2.24) is 10.3 Å². The maximum Gasteiger partial charge on any atom is 0.325 e. The fraction of sp³-hybridized carbons (Fsp3) is 0.622. The van der Waals surface area contributed by atoms with E-state index < -0.39 is 7.60 Å². The summed E-state index contributed by atoms with van der Waals surface area (Å²) in [6.07, 6.45) is 23.1. The van der Waals surface area contributed by atoms with Gasteiger partial charge in [0.2, 0.25) is 5.91 Å². The maximum atomic E-state index is 12.7. The number of rotatable bonds is 27. The third-order valence-electron chi connectivity index (χ3n) is 7.89. The fourth-order valence-electron chi connectivity index (χ4n) is 5.17. The predicted octanol–water partition coefficient (Wildman–Crippen LogP) is 9.74. The van der Waals surface area contributed by atoms with E-state index in [1.165, 1.54) is 64.2 Å². The number of pyridine rings is 1. The van der Waals surface area contributed by atoms with Crippen molar-refractivity contribution < 1.29 is 28.6 Å². The van der Waals surface area contributed by atoms with Crippen molar-refractivity contribution in [2.45, 2.75) is 136 Å². The van der Waals surface area contributed by atoms with Crippen LogP contribution in [0.5, 0.6) is 11.5 Å². The van der Waals surface area contributed by atoms with Crippen LogP contribution >= 0.6 is 7.60 Å². The highest BCUT2D eigenvalue weighted by Gasteiger charge is 2.15. The highest BCUT2D eigenvalue weighted by molar-refractivity contribution is 7.51. The molecule has 0 atom stereocenters. The molecule has 0 aliphatic rings. The highest BCUT2D eigenvalue weighted by Crippen LogP contribution is 2.36. The lowest BCUT2D eigenvalue weighted by atomic mass is 10.0.